The molecule has 2 rings (SSSR count). The zero-order chi connectivity index (χ0) is 21.2. The number of guanidine groups is 1. The molecule has 29 heavy (non-hydrogen) atoms. The molecule has 0 bridgehead atoms. The fourth-order valence-electron chi connectivity index (χ4n) is 2.65. The summed E-state index contributed by atoms with van der Waals surface area (Å²) < 4.78 is 10.6. The van der Waals surface area contributed by atoms with Crippen LogP contribution in [-0.4, -0.2) is 39.7 Å². The van der Waals surface area contributed by atoms with Crippen LogP contribution in [0.15, 0.2) is 41.4 Å². The number of rotatable bonds is 8. The van der Waals surface area contributed by atoms with E-state index in [2.05, 4.69) is 20.9 Å². The number of benzene rings is 2. The average molecular weight is 419 g/mol. The van der Waals surface area contributed by atoms with E-state index in [4.69, 9.17) is 21.1 Å². The standard InChI is InChI=1S/C21H27ClN4O3/c1-14-16(22)6-5-7-17(14)26-20(27)10-11-24-21(23-2)25-13-15-8-9-18(28-3)19(12-15)29-4/h5-9,12H,10-11,13H2,1-4H3,(H,26,27)(H2,23,24,25). The number of methoxy groups -OCH3 is 2. The highest BCUT2D eigenvalue weighted by atomic mass is 35.5. The van der Waals surface area contributed by atoms with Crippen molar-refractivity contribution in [2.45, 2.75) is 19.9 Å². The SMILES string of the molecule is CN=C(NCCC(=O)Nc1cccc(Cl)c1C)NCc1ccc(OC)c(OC)c1. The van der Waals surface area contributed by atoms with E-state index in [1.165, 1.54) is 0 Å². The molecule has 0 aromatic heterocycles. The van der Waals surface area contributed by atoms with Gasteiger partial charge in [-0.25, -0.2) is 0 Å². The van der Waals surface area contributed by atoms with Gasteiger partial charge in [0.05, 0.1) is 14.2 Å². The Morgan fingerprint density at radius 1 is 1.10 bits per heavy atom. The van der Waals surface area contributed by atoms with Gasteiger partial charge in [0.2, 0.25) is 5.91 Å². The average Bonchev–Trinajstić information content (AvgIpc) is 2.73. The van der Waals surface area contributed by atoms with Gasteiger partial charge in [0.15, 0.2) is 17.5 Å². The maximum absolute atomic E-state index is 12.2. The topological polar surface area (TPSA) is 84.0 Å². The summed E-state index contributed by atoms with van der Waals surface area (Å²) in [7, 11) is 4.89. The minimum absolute atomic E-state index is 0.0989. The van der Waals surface area contributed by atoms with Gasteiger partial charge in [0.25, 0.3) is 0 Å². The number of amides is 1. The Kier molecular flexibility index (Phi) is 8.61. The van der Waals surface area contributed by atoms with Gasteiger partial charge in [-0.1, -0.05) is 23.7 Å². The van der Waals surface area contributed by atoms with Crippen molar-refractivity contribution >= 4 is 29.2 Å². The minimum atomic E-state index is -0.0989. The number of carbonyl (C=O) groups is 1. The summed E-state index contributed by atoms with van der Waals surface area (Å²) in [6.07, 6.45) is 0.295. The van der Waals surface area contributed by atoms with E-state index in [1.54, 1.807) is 27.3 Å². The lowest BCUT2D eigenvalue weighted by molar-refractivity contribution is -0.116. The summed E-state index contributed by atoms with van der Waals surface area (Å²) in [6.45, 7) is 2.86. The summed E-state index contributed by atoms with van der Waals surface area (Å²) in [4.78, 5) is 16.4. The predicted octanol–water partition coefficient (Wildman–Crippen LogP) is 3.36. The molecule has 0 aliphatic heterocycles. The van der Waals surface area contributed by atoms with E-state index in [-0.39, 0.29) is 5.91 Å². The van der Waals surface area contributed by atoms with Crippen LogP contribution >= 0.6 is 11.6 Å². The van der Waals surface area contributed by atoms with Gasteiger partial charge < -0.3 is 25.4 Å². The number of nitrogens with zero attached hydrogens (tertiary/aromatic N) is 1. The number of halogens is 1. The number of ether oxygens (including phenoxy) is 2. The quantitative estimate of drug-likeness (QED) is 0.452. The van der Waals surface area contributed by atoms with Crippen LogP contribution in [0.25, 0.3) is 0 Å². The smallest absolute Gasteiger partial charge is 0.226 e. The fraction of sp³-hybridized carbons (Fsp3) is 0.333. The normalized spacial score (nSPS) is 11.0. The van der Waals surface area contributed by atoms with E-state index < -0.39 is 0 Å². The van der Waals surface area contributed by atoms with E-state index in [0.29, 0.717) is 42.0 Å². The molecule has 0 aliphatic carbocycles. The van der Waals surface area contributed by atoms with Crippen LogP contribution in [0.1, 0.15) is 17.5 Å². The molecule has 3 N–H and O–H groups in total. The summed E-state index contributed by atoms with van der Waals surface area (Å²) in [6, 6.07) is 11.1. The molecule has 2 aromatic carbocycles. The summed E-state index contributed by atoms with van der Waals surface area (Å²) in [5.41, 5.74) is 2.58. The first-order chi connectivity index (χ1) is 14.0. The molecule has 0 radical (unpaired) electrons. The van der Waals surface area contributed by atoms with Gasteiger partial charge in [0, 0.05) is 37.3 Å². The third kappa shape index (κ3) is 6.57. The first-order valence-corrected chi connectivity index (χ1v) is 9.56. The van der Waals surface area contributed by atoms with E-state index in [0.717, 1.165) is 16.8 Å². The second-order valence-electron chi connectivity index (χ2n) is 6.25. The van der Waals surface area contributed by atoms with Gasteiger partial charge in [-0.3, -0.25) is 9.79 Å². The van der Waals surface area contributed by atoms with Crippen molar-refractivity contribution in [3.8, 4) is 11.5 Å². The summed E-state index contributed by atoms with van der Waals surface area (Å²) in [5.74, 6) is 1.85. The summed E-state index contributed by atoms with van der Waals surface area (Å²) >= 11 is 6.08. The maximum atomic E-state index is 12.2. The highest BCUT2D eigenvalue weighted by molar-refractivity contribution is 6.31. The van der Waals surface area contributed by atoms with Crippen LogP contribution in [0, 0.1) is 6.92 Å². The highest BCUT2D eigenvalue weighted by Gasteiger charge is 2.08. The monoisotopic (exact) mass is 418 g/mol. The Morgan fingerprint density at radius 3 is 2.55 bits per heavy atom. The highest BCUT2D eigenvalue weighted by Crippen LogP contribution is 2.27. The minimum Gasteiger partial charge on any atom is -0.493 e. The number of hydrogen-bond acceptors (Lipinski definition) is 4. The zero-order valence-corrected chi connectivity index (χ0v) is 17.9. The predicted molar refractivity (Wildman–Crippen MR) is 117 cm³/mol. The van der Waals surface area contributed by atoms with Crippen LogP contribution in [0.4, 0.5) is 5.69 Å². The van der Waals surface area contributed by atoms with Gasteiger partial charge in [0.1, 0.15) is 0 Å². The van der Waals surface area contributed by atoms with E-state index in [9.17, 15) is 4.79 Å². The van der Waals surface area contributed by atoms with Crippen molar-refractivity contribution in [2.24, 2.45) is 4.99 Å². The number of carbonyl (C=O) groups excluding carboxylic acids is 1. The third-order valence-electron chi connectivity index (χ3n) is 4.32. The van der Waals surface area contributed by atoms with Gasteiger partial charge in [-0.05, 0) is 42.3 Å². The zero-order valence-electron chi connectivity index (χ0n) is 17.1. The van der Waals surface area contributed by atoms with Gasteiger partial charge in [-0.15, -0.1) is 0 Å². The van der Waals surface area contributed by atoms with Crippen LogP contribution in [0.5, 0.6) is 11.5 Å². The van der Waals surface area contributed by atoms with E-state index >= 15 is 0 Å². The number of anilines is 1. The van der Waals surface area contributed by atoms with Gasteiger partial charge in [-0.2, -0.15) is 0 Å². The first-order valence-electron chi connectivity index (χ1n) is 9.18. The molecule has 7 nitrogen and oxygen atoms in total. The van der Waals surface area contributed by atoms with Crippen molar-refractivity contribution < 1.29 is 14.3 Å². The van der Waals surface area contributed by atoms with Crippen LogP contribution in [0.3, 0.4) is 0 Å². The van der Waals surface area contributed by atoms with Gasteiger partial charge >= 0.3 is 0 Å². The van der Waals surface area contributed by atoms with Crippen LogP contribution < -0.4 is 25.4 Å². The Balaban J connectivity index is 1.80. The van der Waals surface area contributed by atoms with Crippen molar-refractivity contribution in [3.63, 3.8) is 0 Å². The number of hydrogen-bond donors (Lipinski definition) is 3. The molecule has 0 spiro atoms. The second-order valence-corrected chi connectivity index (χ2v) is 6.66. The molecule has 0 atom stereocenters. The Morgan fingerprint density at radius 2 is 1.86 bits per heavy atom. The molecular weight excluding hydrogens is 392 g/mol. The fourth-order valence-corrected chi connectivity index (χ4v) is 2.82. The number of aliphatic imine (C=N–C) groups is 1. The number of nitrogens with one attached hydrogen (secondary N) is 3. The Hall–Kier alpha value is -2.93. The molecule has 1 amide bonds. The maximum Gasteiger partial charge on any atom is 0.226 e. The Bertz CT molecular complexity index is 871. The van der Waals surface area contributed by atoms with Crippen molar-refractivity contribution in [1.29, 1.82) is 0 Å². The lowest BCUT2D eigenvalue weighted by Gasteiger charge is -2.14. The van der Waals surface area contributed by atoms with Crippen molar-refractivity contribution in [1.82, 2.24) is 10.6 Å². The molecular formula is C21H27ClN4O3. The second kappa shape index (κ2) is 11.2. The summed E-state index contributed by atoms with van der Waals surface area (Å²) in [5, 5.41) is 9.84. The molecule has 2 aromatic rings. The molecule has 0 aliphatic rings. The lowest BCUT2D eigenvalue weighted by atomic mass is 10.2. The van der Waals surface area contributed by atoms with Crippen LogP contribution in [-0.2, 0) is 11.3 Å². The third-order valence-corrected chi connectivity index (χ3v) is 4.73. The molecule has 0 fully saturated rings. The van der Waals surface area contributed by atoms with Crippen molar-refractivity contribution in [2.75, 3.05) is 33.1 Å². The molecule has 0 unspecified atom stereocenters. The largest absolute Gasteiger partial charge is 0.493 e. The van der Waals surface area contributed by atoms with E-state index in [1.807, 2.05) is 37.3 Å². The molecule has 0 saturated carbocycles. The Labute approximate surface area is 176 Å². The lowest BCUT2D eigenvalue weighted by Crippen LogP contribution is -2.38. The molecule has 0 saturated heterocycles. The first kappa shape index (κ1) is 22.4. The van der Waals surface area contributed by atoms with Crippen molar-refractivity contribution in [3.05, 3.63) is 52.5 Å². The molecule has 8 heteroatoms. The molecule has 0 heterocycles. The van der Waals surface area contributed by atoms with Crippen LogP contribution in [0.2, 0.25) is 5.02 Å². The molecule has 156 valence electrons.